The van der Waals surface area contributed by atoms with Gasteiger partial charge in [-0.2, -0.15) is 18.4 Å². The van der Waals surface area contributed by atoms with E-state index in [4.69, 9.17) is 11.6 Å². The maximum absolute atomic E-state index is 13.8. The van der Waals surface area contributed by atoms with Crippen LogP contribution in [0.3, 0.4) is 0 Å². The molecule has 0 aromatic heterocycles. The van der Waals surface area contributed by atoms with Crippen molar-refractivity contribution in [2.24, 2.45) is 0 Å². The van der Waals surface area contributed by atoms with E-state index in [1.165, 1.54) is 24.3 Å². The Bertz CT molecular complexity index is 907. The number of rotatable bonds is 7. The highest BCUT2D eigenvalue weighted by Crippen LogP contribution is 2.36. The summed E-state index contributed by atoms with van der Waals surface area (Å²) < 4.78 is 41.4. The molecule has 0 unspecified atom stereocenters. The van der Waals surface area contributed by atoms with Gasteiger partial charge < -0.3 is 5.32 Å². The third-order valence-corrected chi connectivity index (χ3v) is 5.22. The van der Waals surface area contributed by atoms with Crippen molar-refractivity contribution in [1.29, 1.82) is 5.26 Å². The molecule has 2 N–H and O–H groups in total. The van der Waals surface area contributed by atoms with Gasteiger partial charge >= 0.3 is 6.18 Å². The van der Waals surface area contributed by atoms with Crippen molar-refractivity contribution in [2.45, 2.75) is 43.1 Å². The van der Waals surface area contributed by atoms with Crippen molar-refractivity contribution in [3.63, 3.8) is 0 Å². The van der Waals surface area contributed by atoms with Crippen LogP contribution in [0.2, 0.25) is 5.02 Å². The highest BCUT2D eigenvalue weighted by Gasteiger charge is 2.47. The van der Waals surface area contributed by atoms with E-state index in [2.05, 4.69) is 10.6 Å². The average molecular weight is 422 g/mol. The Kier molecular flexibility index (Phi) is 6.15. The maximum Gasteiger partial charge on any atom is 0.407 e. The second-order valence-corrected chi connectivity index (χ2v) is 7.49. The SMILES string of the molecule is N#CC1(NC(=O)[C@H](Cc2ccccc2Cl)N[C@@H](c2ccccc2)C(F)(F)F)CC1. The summed E-state index contributed by atoms with van der Waals surface area (Å²) in [5.41, 5.74) is -0.450. The number of carbonyl (C=O) groups is 1. The molecule has 2 aromatic rings. The molecule has 4 nitrogen and oxygen atoms in total. The predicted octanol–water partition coefficient (Wildman–Crippen LogP) is 4.32. The zero-order valence-corrected chi connectivity index (χ0v) is 16.1. The quantitative estimate of drug-likeness (QED) is 0.700. The molecule has 3 rings (SSSR count). The van der Waals surface area contributed by atoms with Gasteiger partial charge in [-0.15, -0.1) is 0 Å². The van der Waals surface area contributed by atoms with E-state index in [-0.39, 0.29) is 12.0 Å². The van der Waals surface area contributed by atoms with Gasteiger partial charge in [-0.05, 0) is 36.5 Å². The average Bonchev–Trinajstić information content (AvgIpc) is 3.46. The van der Waals surface area contributed by atoms with Crippen LogP contribution in [0.25, 0.3) is 0 Å². The topological polar surface area (TPSA) is 64.9 Å². The summed E-state index contributed by atoms with van der Waals surface area (Å²) in [6.07, 6.45) is -3.70. The zero-order chi connectivity index (χ0) is 21.1. The molecule has 2 aromatic carbocycles. The van der Waals surface area contributed by atoms with Gasteiger partial charge in [0.2, 0.25) is 5.91 Å². The lowest BCUT2D eigenvalue weighted by molar-refractivity contribution is -0.160. The van der Waals surface area contributed by atoms with E-state index >= 15 is 0 Å². The lowest BCUT2D eigenvalue weighted by Gasteiger charge is -2.28. The normalized spacial score (nSPS) is 17.1. The standard InChI is InChI=1S/C21H19ClF3N3O/c22-16-9-5-4-8-15(16)12-17(19(29)28-20(13-26)10-11-20)27-18(21(23,24)25)14-6-2-1-3-7-14/h1-9,17-18,27H,10-12H2,(H,28,29)/t17-,18-/m0/s1. The number of benzene rings is 2. The summed E-state index contributed by atoms with van der Waals surface area (Å²) in [5, 5.41) is 14.6. The fourth-order valence-electron chi connectivity index (χ4n) is 3.05. The fraction of sp³-hybridized carbons (Fsp3) is 0.333. The Hall–Kier alpha value is -2.56. The fourth-order valence-corrected chi connectivity index (χ4v) is 3.26. The Labute approximate surface area is 171 Å². The van der Waals surface area contributed by atoms with E-state index in [0.29, 0.717) is 23.4 Å². The molecule has 1 aliphatic carbocycles. The van der Waals surface area contributed by atoms with Crippen molar-refractivity contribution in [1.82, 2.24) is 10.6 Å². The van der Waals surface area contributed by atoms with Gasteiger partial charge in [0, 0.05) is 5.02 Å². The van der Waals surface area contributed by atoms with E-state index in [1.54, 1.807) is 30.3 Å². The lowest BCUT2D eigenvalue weighted by atomic mass is 10.0. The monoisotopic (exact) mass is 421 g/mol. The largest absolute Gasteiger partial charge is 0.407 e. The Morgan fingerprint density at radius 3 is 2.31 bits per heavy atom. The van der Waals surface area contributed by atoms with Gasteiger partial charge in [0.25, 0.3) is 0 Å². The summed E-state index contributed by atoms with van der Waals surface area (Å²) in [5.74, 6) is -0.658. The second-order valence-electron chi connectivity index (χ2n) is 7.08. The number of nitrogens with zero attached hydrogens (tertiary/aromatic N) is 1. The number of carbonyl (C=O) groups excluding carboxylic acids is 1. The smallest absolute Gasteiger partial charge is 0.336 e. The molecule has 0 aliphatic heterocycles. The molecule has 1 saturated carbocycles. The van der Waals surface area contributed by atoms with Crippen molar-refractivity contribution in [3.8, 4) is 6.07 Å². The highest BCUT2D eigenvalue weighted by atomic mass is 35.5. The van der Waals surface area contributed by atoms with E-state index in [0.717, 1.165) is 0 Å². The third kappa shape index (κ3) is 5.28. The van der Waals surface area contributed by atoms with E-state index < -0.39 is 29.7 Å². The summed E-state index contributed by atoms with van der Waals surface area (Å²) in [6.45, 7) is 0. The number of nitrogens with one attached hydrogen (secondary N) is 2. The van der Waals surface area contributed by atoms with Crippen LogP contribution in [-0.4, -0.2) is 23.7 Å². The first-order valence-electron chi connectivity index (χ1n) is 9.08. The van der Waals surface area contributed by atoms with Crippen molar-refractivity contribution >= 4 is 17.5 Å². The van der Waals surface area contributed by atoms with Crippen LogP contribution in [0.5, 0.6) is 0 Å². The molecular weight excluding hydrogens is 403 g/mol. The molecule has 8 heteroatoms. The van der Waals surface area contributed by atoms with Gasteiger partial charge in [-0.1, -0.05) is 60.1 Å². The van der Waals surface area contributed by atoms with Gasteiger partial charge in [0.1, 0.15) is 11.6 Å². The molecule has 0 heterocycles. The predicted molar refractivity (Wildman–Crippen MR) is 103 cm³/mol. The first-order valence-corrected chi connectivity index (χ1v) is 9.46. The Morgan fingerprint density at radius 2 is 1.76 bits per heavy atom. The molecular formula is C21H19ClF3N3O. The molecule has 1 fully saturated rings. The van der Waals surface area contributed by atoms with Crippen LogP contribution >= 0.6 is 11.6 Å². The van der Waals surface area contributed by atoms with Crippen LogP contribution in [0.1, 0.15) is 30.0 Å². The van der Waals surface area contributed by atoms with Crippen molar-refractivity contribution in [3.05, 3.63) is 70.7 Å². The van der Waals surface area contributed by atoms with Gasteiger partial charge in [0.05, 0.1) is 12.1 Å². The molecule has 152 valence electrons. The zero-order valence-electron chi connectivity index (χ0n) is 15.3. The molecule has 29 heavy (non-hydrogen) atoms. The number of amides is 1. The molecule has 1 aliphatic rings. The number of hydrogen-bond acceptors (Lipinski definition) is 3. The number of alkyl halides is 3. The first-order chi connectivity index (χ1) is 13.7. The highest BCUT2D eigenvalue weighted by molar-refractivity contribution is 6.31. The lowest BCUT2D eigenvalue weighted by Crippen LogP contribution is -2.52. The first kappa shape index (κ1) is 21.2. The van der Waals surface area contributed by atoms with Crippen LogP contribution in [0, 0.1) is 11.3 Å². The molecule has 0 spiro atoms. The van der Waals surface area contributed by atoms with Crippen molar-refractivity contribution in [2.75, 3.05) is 0 Å². The number of halogens is 4. The van der Waals surface area contributed by atoms with E-state index in [9.17, 15) is 23.2 Å². The molecule has 0 saturated heterocycles. The molecule has 0 radical (unpaired) electrons. The minimum atomic E-state index is -4.62. The van der Waals surface area contributed by atoms with Crippen LogP contribution in [0.15, 0.2) is 54.6 Å². The number of nitriles is 1. The minimum absolute atomic E-state index is 0.00150. The molecule has 2 atom stereocenters. The summed E-state index contributed by atoms with van der Waals surface area (Å²) in [6, 6.07) is 12.8. The van der Waals surface area contributed by atoms with Crippen LogP contribution in [0.4, 0.5) is 13.2 Å². The Balaban J connectivity index is 1.89. The molecule has 0 bridgehead atoms. The Morgan fingerprint density at radius 1 is 1.14 bits per heavy atom. The van der Waals surface area contributed by atoms with Crippen LogP contribution < -0.4 is 10.6 Å². The summed E-state index contributed by atoms with van der Waals surface area (Å²) >= 11 is 6.16. The van der Waals surface area contributed by atoms with Gasteiger partial charge in [0.15, 0.2) is 0 Å². The summed E-state index contributed by atoms with van der Waals surface area (Å²) in [7, 11) is 0. The maximum atomic E-state index is 13.8. The summed E-state index contributed by atoms with van der Waals surface area (Å²) in [4.78, 5) is 12.8. The molecule has 1 amide bonds. The van der Waals surface area contributed by atoms with Crippen molar-refractivity contribution < 1.29 is 18.0 Å². The minimum Gasteiger partial charge on any atom is -0.336 e. The van der Waals surface area contributed by atoms with Crippen LogP contribution in [-0.2, 0) is 11.2 Å². The van der Waals surface area contributed by atoms with E-state index in [1.807, 2.05) is 6.07 Å². The second kappa shape index (κ2) is 8.44. The number of hydrogen-bond donors (Lipinski definition) is 2. The third-order valence-electron chi connectivity index (χ3n) is 4.85. The van der Waals surface area contributed by atoms with Gasteiger partial charge in [-0.25, -0.2) is 0 Å². The van der Waals surface area contributed by atoms with Gasteiger partial charge in [-0.3, -0.25) is 10.1 Å².